The van der Waals surface area contributed by atoms with Crippen LogP contribution in [0.2, 0.25) is 0 Å². The number of hydrogen-bond donors (Lipinski definition) is 1. The van der Waals surface area contributed by atoms with Gasteiger partial charge in [-0.25, -0.2) is 13.2 Å². The lowest BCUT2D eigenvalue weighted by Gasteiger charge is -2.20. The van der Waals surface area contributed by atoms with Gasteiger partial charge >= 0.3 is 6.03 Å². The van der Waals surface area contributed by atoms with Crippen LogP contribution in [-0.2, 0) is 9.84 Å². The summed E-state index contributed by atoms with van der Waals surface area (Å²) in [5.41, 5.74) is 1.05. The van der Waals surface area contributed by atoms with E-state index in [1.165, 1.54) is 4.90 Å². The number of rotatable bonds is 5. The van der Waals surface area contributed by atoms with Crippen LogP contribution in [0, 0.1) is 6.92 Å². The fourth-order valence-electron chi connectivity index (χ4n) is 2.31. The zero-order chi connectivity index (χ0) is 16.2. The molecule has 1 aromatic carbocycles. The van der Waals surface area contributed by atoms with Gasteiger partial charge in [0.25, 0.3) is 0 Å². The molecule has 0 bridgehead atoms. The minimum absolute atomic E-state index is 0.0340. The molecule has 1 aliphatic heterocycles. The number of urea groups is 1. The summed E-state index contributed by atoms with van der Waals surface area (Å²) in [7, 11) is -1.32. The molecule has 1 heterocycles. The SMILES string of the molecule is Cc1ccccc1OCCN(C)C(=O)NC1CCS(=O)(=O)C1. The van der Waals surface area contributed by atoms with E-state index in [-0.39, 0.29) is 23.6 Å². The minimum atomic E-state index is -2.98. The second kappa shape index (κ2) is 7.00. The van der Waals surface area contributed by atoms with Gasteiger partial charge in [-0.15, -0.1) is 0 Å². The zero-order valence-corrected chi connectivity index (χ0v) is 13.7. The number of sulfone groups is 1. The van der Waals surface area contributed by atoms with Crippen LogP contribution in [0.1, 0.15) is 12.0 Å². The third-order valence-corrected chi connectivity index (χ3v) is 5.45. The lowest BCUT2D eigenvalue weighted by Crippen LogP contribution is -2.44. The lowest BCUT2D eigenvalue weighted by molar-refractivity contribution is 0.192. The van der Waals surface area contributed by atoms with Crippen molar-refractivity contribution in [3.05, 3.63) is 29.8 Å². The highest BCUT2D eigenvalue weighted by molar-refractivity contribution is 7.91. The van der Waals surface area contributed by atoms with E-state index in [4.69, 9.17) is 4.74 Å². The van der Waals surface area contributed by atoms with Crippen LogP contribution < -0.4 is 10.1 Å². The van der Waals surface area contributed by atoms with Crippen LogP contribution in [0.3, 0.4) is 0 Å². The Balaban J connectivity index is 1.74. The predicted octanol–water partition coefficient (Wildman–Crippen LogP) is 1.20. The molecule has 1 N–H and O–H groups in total. The van der Waals surface area contributed by atoms with Gasteiger partial charge in [0.15, 0.2) is 9.84 Å². The molecule has 1 aromatic rings. The van der Waals surface area contributed by atoms with Crippen molar-refractivity contribution < 1.29 is 17.9 Å². The molecule has 0 aliphatic carbocycles. The minimum Gasteiger partial charge on any atom is -0.491 e. The van der Waals surface area contributed by atoms with Crippen LogP contribution in [0.4, 0.5) is 4.79 Å². The molecule has 1 saturated heterocycles. The van der Waals surface area contributed by atoms with Crippen LogP contribution in [0.5, 0.6) is 5.75 Å². The number of benzene rings is 1. The summed E-state index contributed by atoms with van der Waals surface area (Å²) in [4.78, 5) is 13.5. The number of likely N-dealkylation sites (N-methyl/N-ethyl adjacent to an activating group) is 1. The second-order valence-electron chi connectivity index (χ2n) is 5.58. The summed E-state index contributed by atoms with van der Waals surface area (Å²) in [5, 5.41) is 2.75. The molecule has 2 amide bonds. The fraction of sp³-hybridized carbons (Fsp3) is 0.533. The summed E-state index contributed by atoms with van der Waals surface area (Å²) < 4.78 is 28.4. The highest BCUT2D eigenvalue weighted by Crippen LogP contribution is 2.16. The van der Waals surface area contributed by atoms with Crippen molar-refractivity contribution in [2.45, 2.75) is 19.4 Å². The van der Waals surface area contributed by atoms with Gasteiger partial charge in [0.2, 0.25) is 0 Å². The van der Waals surface area contributed by atoms with Crippen LogP contribution in [0.25, 0.3) is 0 Å². The van der Waals surface area contributed by atoms with Crippen LogP contribution in [0.15, 0.2) is 24.3 Å². The Bertz CT molecular complexity index is 630. The lowest BCUT2D eigenvalue weighted by atomic mass is 10.2. The van der Waals surface area contributed by atoms with Gasteiger partial charge < -0.3 is 15.0 Å². The average Bonchev–Trinajstić information content (AvgIpc) is 2.79. The highest BCUT2D eigenvalue weighted by Gasteiger charge is 2.29. The molecule has 22 heavy (non-hydrogen) atoms. The quantitative estimate of drug-likeness (QED) is 0.882. The Hall–Kier alpha value is -1.76. The van der Waals surface area contributed by atoms with Crippen LogP contribution >= 0.6 is 0 Å². The van der Waals surface area contributed by atoms with Crippen molar-refractivity contribution in [3.63, 3.8) is 0 Å². The van der Waals surface area contributed by atoms with E-state index < -0.39 is 9.84 Å². The van der Waals surface area contributed by atoms with E-state index in [0.717, 1.165) is 11.3 Å². The maximum atomic E-state index is 12.0. The number of carbonyl (C=O) groups excluding carboxylic acids is 1. The molecule has 1 aliphatic rings. The Labute approximate surface area is 131 Å². The first-order valence-electron chi connectivity index (χ1n) is 7.28. The van der Waals surface area contributed by atoms with Crippen molar-refractivity contribution in [1.29, 1.82) is 0 Å². The molecular weight excluding hydrogens is 304 g/mol. The number of para-hydroxylation sites is 1. The number of aryl methyl sites for hydroxylation is 1. The molecule has 7 heteroatoms. The Morgan fingerprint density at radius 2 is 2.14 bits per heavy atom. The third kappa shape index (κ3) is 4.62. The number of ether oxygens (including phenoxy) is 1. The molecule has 2 rings (SSSR count). The highest BCUT2D eigenvalue weighted by atomic mass is 32.2. The van der Waals surface area contributed by atoms with E-state index in [0.29, 0.717) is 19.6 Å². The molecule has 0 saturated carbocycles. The molecule has 1 unspecified atom stereocenters. The Morgan fingerprint density at radius 3 is 2.77 bits per heavy atom. The number of amides is 2. The summed E-state index contributed by atoms with van der Waals surface area (Å²) in [6.45, 7) is 2.78. The first kappa shape index (κ1) is 16.6. The number of carbonyl (C=O) groups is 1. The Kier molecular flexibility index (Phi) is 5.28. The van der Waals surface area contributed by atoms with E-state index in [2.05, 4.69) is 5.32 Å². The van der Waals surface area contributed by atoms with E-state index in [1.807, 2.05) is 31.2 Å². The first-order valence-corrected chi connectivity index (χ1v) is 9.10. The van der Waals surface area contributed by atoms with E-state index >= 15 is 0 Å². The number of nitrogens with one attached hydrogen (secondary N) is 1. The van der Waals surface area contributed by atoms with E-state index in [9.17, 15) is 13.2 Å². The summed E-state index contributed by atoms with van der Waals surface area (Å²) in [5.74, 6) is 0.989. The summed E-state index contributed by atoms with van der Waals surface area (Å²) in [6, 6.07) is 7.15. The molecule has 6 nitrogen and oxygen atoms in total. The van der Waals surface area contributed by atoms with E-state index in [1.54, 1.807) is 7.05 Å². The monoisotopic (exact) mass is 326 g/mol. The molecule has 122 valence electrons. The summed E-state index contributed by atoms with van der Waals surface area (Å²) in [6.07, 6.45) is 0.488. The normalized spacial score (nSPS) is 19.6. The summed E-state index contributed by atoms with van der Waals surface area (Å²) >= 11 is 0. The first-order chi connectivity index (χ1) is 10.4. The molecular formula is C15H22N2O4S. The molecule has 0 aromatic heterocycles. The molecule has 1 fully saturated rings. The smallest absolute Gasteiger partial charge is 0.317 e. The maximum Gasteiger partial charge on any atom is 0.317 e. The van der Waals surface area contributed by atoms with Crippen molar-refractivity contribution in [1.82, 2.24) is 10.2 Å². The fourth-order valence-corrected chi connectivity index (χ4v) is 3.98. The van der Waals surface area contributed by atoms with Crippen molar-refractivity contribution in [2.75, 3.05) is 31.7 Å². The Morgan fingerprint density at radius 1 is 1.41 bits per heavy atom. The van der Waals surface area contributed by atoms with Gasteiger partial charge in [-0.05, 0) is 25.0 Å². The maximum absolute atomic E-state index is 12.0. The molecule has 1 atom stereocenters. The van der Waals surface area contributed by atoms with Gasteiger partial charge in [-0.1, -0.05) is 18.2 Å². The average molecular weight is 326 g/mol. The number of hydrogen-bond acceptors (Lipinski definition) is 4. The topological polar surface area (TPSA) is 75.7 Å². The van der Waals surface area contributed by atoms with Gasteiger partial charge in [-0.2, -0.15) is 0 Å². The van der Waals surface area contributed by atoms with Gasteiger partial charge in [0, 0.05) is 13.1 Å². The second-order valence-corrected chi connectivity index (χ2v) is 7.81. The van der Waals surface area contributed by atoms with Crippen molar-refractivity contribution >= 4 is 15.9 Å². The standard InChI is InChI=1S/C15H22N2O4S/c1-12-5-3-4-6-14(12)21-9-8-17(2)15(18)16-13-7-10-22(19,20)11-13/h3-6,13H,7-11H2,1-2H3,(H,16,18). The van der Waals surface area contributed by atoms with Crippen molar-refractivity contribution in [2.24, 2.45) is 0 Å². The zero-order valence-electron chi connectivity index (χ0n) is 12.9. The van der Waals surface area contributed by atoms with Gasteiger partial charge in [0.05, 0.1) is 18.1 Å². The predicted molar refractivity (Wildman–Crippen MR) is 84.9 cm³/mol. The van der Waals surface area contributed by atoms with Crippen molar-refractivity contribution in [3.8, 4) is 5.75 Å². The molecule has 0 spiro atoms. The van der Waals surface area contributed by atoms with Crippen LogP contribution in [-0.4, -0.2) is 57.1 Å². The largest absolute Gasteiger partial charge is 0.491 e. The number of nitrogens with zero attached hydrogens (tertiary/aromatic N) is 1. The van der Waals surface area contributed by atoms with Gasteiger partial charge in [0.1, 0.15) is 12.4 Å². The van der Waals surface area contributed by atoms with Gasteiger partial charge in [-0.3, -0.25) is 0 Å². The molecule has 0 radical (unpaired) electrons. The third-order valence-electron chi connectivity index (χ3n) is 3.68.